The summed E-state index contributed by atoms with van der Waals surface area (Å²) in [5, 5.41) is 38.5. The Kier molecular flexibility index (Phi) is 6.72. The quantitative estimate of drug-likeness (QED) is 0.278. The number of fused-ring (bicyclic) bond motifs is 1. The van der Waals surface area contributed by atoms with Crippen molar-refractivity contribution in [1.29, 1.82) is 5.26 Å². The Morgan fingerprint density at radius 1 is 1.34 bits per heavy atom. The molecule has 174 valence electrons. The van der Waals surface area contributed by atoms with Crippen molar-refractivity contribution in [2.75, 3.05) is 18.3 Å². The minimum absolute atomic E-state index is 0.0307. The Morgan fingerprint density at radius 2 is 2.06 bits per heavy atom. The number of rotatable bonds is 7. The molecule has 1 aliphatic carbocycles. The van der Waals surface area contributed by atoms with E-state index in [2.05, 4.69) is 21.5 Å². The van der Waals surface area contributed by atoms with Crippen LogP contribution in [0.5, 0.6) is 0 Å². The summed E-state index contributed by atoms with van der Waals surface area (Å²) in [5.41, 5.74) is 0.958. The van der Waals surface area contributed by atoms with Crippen LogP contribution in [0.15, 0.2) is 6.20 Å². The predicted octanol–water partition coefficient (Wildman–Crippen LogP) is 1.08. The van der Waals surface area contributed by atoms with Gasteiger partial charge < -0.3 is 34.8 Å². The van der Waals surface area contributed by atoms with Gasteiger partial charge in [0.15, 0.2) is 17.0 Å². The van der Waals surface area contributed by atoms with Gasteiger partial charge in [-0.3, -0.25) is 4.57 Å². The van der Waals surface area contributed by atoms with Gasteiger partial charge in [0.05, 0.1) is 23.9 Å². The molecule has 12 nitrogen and oxygen atoms in total. The minimum Gasteiger partial charge on any atom is -0.387 e. The first kappa shape index (κ1) is 23.4. The molecule has 32 heavy (non-hydrogen) atoms. The molecular formula is C18H23ClN5O7P. The molecule has 14 heteroatoms. The van der Waals surface area contributed by atoms with E-state index in [0.29, 0.717) is 11.1 Å². The third-order valence-corrected chi connectivity index (χ3v) is 6.43. The zero-order valence-corrected chi connectivity index (χ0v) is 18.5. The molecule has 2 aromatic heterocycles. The van der Waals surface area contributed by atoms with Gasteiger partial charge in [0.2, 0.25) is 0 Å². The monoisotopic (exact) mass is 487 g/mol. The topological polar surface area (TPSA) is 183 Å². The summed E-state index contributed by atoms with van der Waals surface area (Å²) < 4.78 is 22.8. The number of nitriles is 1. The van der Waals surface area contributed by atoms with Gasteiger partial charge in [0, 0.05) is 6.04 Å². The lowest BCUT2D eigenvalue weighted by atomic mass is 10.1. The van der Waals surface area contributed by atoms with E-state index in [4.69, 9.17) is 30.9 Å². The van der Waals surface area contributed by atoms with Crippen molar-refractivity contribution in [3.8, 4) is 6.07 Å². The zero-order valence-electron chi connectivity index (χ0n) is 16.8. The van der Waals surface area contributed by atoms with Gasteiger partial charge in [-0.05, 0) is 12.8 Å². The molecule has 1 unspecified atom stereocenters. The number of nitrogens with one attached hydrogen (secondary N) is 1. The summed E-state index contributed by atoms with van der Waals surface area (Å²) in [4.78, 5) is 22.1. The van der Waals surface area contributed by atoms with Crippen LogP contribution in [0.3, 0.4) is 0 Å². The first-order valence-corrected chi connectivity index (χ1v) is 12.2. The van der Waals surface area contributed by atoms with Crippen molar-refractivity contribution >= 4 is 35.9 Å². The maximum absolute atomic E-state index is 10.9. The van der Waals surface area contributed by atoms with Gasteiger partial charge in [-0.2, -0.15) is 10.4 Å². The van der Waals surface area contributed by atoms with E-state index in [1.165, 1.54) is 10.9 Å². The lowest BCUT2D eigenvalue weighted by Crippen LogP contribution is -2.34. The molecule has 5 N–H and O–H groups in total. The fourth-order valence-electron chi connectivity index (χ4n) is 4.10. The van der Waals surface area contributed by atoms with Gasteiger partial charge >= 0.3 is 7.60 Å². The zero-order chi connectivity index (χ0) is 23.0. The van der Waals surface area contributed by atoms with E-state index in [1.807, 2.05) is 0 Å². The van der Waals surface area contributed by atoms with Crippen LogP contribution >= 0.6 is 19.2 Å². The molecule has 2 fully saturated rings. The lowest BCUT2D eigenvalue weighted by molar-refractivity contribution is -0.0658. The van der Waals surface area contributed by atoms with Gasteiger partial charge in [-0.15, -0.1) is 0 Å². The number of hydrogen-bond donors (Lipinski definition) is 5. The number of aliphatic hydroxyl groups excluding tert-OH is 2. The van der Waals surface area contributed by atoms with E-state index in [9.17, 15) is 20.0 Å². The largest absolute Gasteiger partial charge is 0.387 e. The van der Waals surface area contributed by atoms with E-state index in [-0.39, 0.29) is 29.0 Å². The lowest BCUT2D eigenvalue weighted by Gasteiger charge is -2.18. The second-order valence-electron chi connectivity index (χ2n) is 7.93. The number of halogens is 1. The highest BCUT2D eigenvalue weighted by Gasteiger charge is 2.45. The SMILES string of the molecule is N#Cc1c(Cl)nc2c(cnn2[C@@H]2OC(COCP(=O)(O)O)[C@@H](O)[C@H]2O)c1NC1CCCC1. The number of ether oxygens (including phenoxy) is 2. The van der Waals surface area contributed by atoms with Crippen LogP contribution in [0, 0.1) is 11.3 Å². The van der Waals surface area contributed by atoms with E-state index >= 15 is 0 Å². The van der Waals surface area contributed by atoms with Crippen LogP contribution < -0.4 is 5.32 Å². The molecule has 0 radical (unpaired) electrons. The summed E-state index contributed by atoms with van der Waals surface area (Å²) in [6, 6.07) is 2.26. The second-order valence-corrected chi connectivity index (χ2v) is 9.87. The van der Waals surface area contributed by atoms with Crippen LogP contribution in [-0.2, 0) is 14.0 Å². The first-order chi connectivity index (χ1) is 15.2. The molecule has 0 amide bonds. The maximum atomic E-state index is 10.9. The fraction of sp³-hybridized carbons (Fsp3) is 0.611. The molecule has 2 aliphatic rings. The van der Waals surface area contributed by atoms with Gasteiger partial charge in [0.25, 0.3) is 0 Å². The number of aliphatic hydroxyl groups is 2. The Hall–Kier alpha value is -1.81. The second kappa shape index (κ2) is 9.21. The fourth-order valence-corrected chi connectivity index (χ4v) is 4.66. The summed E-state index contributed by atoms with van der Waals surface area (Å²) in [5.74, 6) is 0. The Balaban J connectivity index is 1.62. The summed E-state index contributed by atoms with van der Waals surface area (Å²) in [6.07, 6.45) is -0.247. The molecule has 4 atom stereocenters. The molecule has 0 aromatic carbocycles. The number of nitrogens with zero attached hydrogens (tertiary/aromatic N) is 4. The summed E-state index contributed by atoms with van der Waals surface area (Å²) >= 11 is 6.27. The van der Waals surface area contributed by atoms with Crippen LogP contribution in [0.4, 0.5) is 5.69 Å². The average molecular weight is 488 g/mol. The highest BCUT2D eigenvalue weighted by atomic mass is 35.5. The molecule has 1 saturated heterocycles. The van der Waals surface area contributed by atoms with Gasteiger partial charge in [-0.1, -0.05) is 24.4 Å². The molecule has 0 bridgehead atoms. The van der Waals surface area contributed by atoms with Crippen LogP contribution in [-0.4, -0.2) is 72.1 Å². The van der Waals surface area contributed by atoms with Crippen molar-refractivity contribution in [1.82, 2.24) is 14.8 Å². The molecule has 1 aliphatic heterocycles. The van der Waals surface area contributed by atoms with Gasteiger partial charge in [0.1, 0.15) is 36.3 Å². The smallest absolute Gasteiger partial charge is 0.350 e. The third-order valence-electron chi connectivity index (χ3n) is 5.63. The van der Waals surface area contributed by atoms with E-state index in [1.54, 1.807) is 0 Å². The third kappa shape index (κ3) is 4.62. The normalized spacial score (nSPS) is 26.6. The standard InChI is InChI=1S/C18H23ClN5O7P/c19-16-10(5-20)13(22-9-3-1-2-4-9)11-6-21-24(17(11)23-16)18-15(26)14(25)12(31-18)7-30-8-32(27,28)29/h6,9,12,14-15,18,25-26H,1-4,7-8H2,(H,22,23)(H2,27,28,29)/t12?,14-,15-,18-/m1/s1. The van der Waals surface area contributed by atoms with Crippen molar-refractivity contribution in [3.05, 3.63) is 16.9 Å². The molecule has 4 rings (SSSR count). The van der Waals surface area contributed by atoms with E-state index in [0.717, 1.165) is 25.7 Å². The minimum atomic E-state index is -4.38. The molecule has 3 heterocycles. The Morgan fingerprint density at radius 3 is 2.72 bits per heavy atom. The molecular weight excluding hydrogens is 465 g/mol. The van der Waals surface area contributed by atoms with Crippen molar-refractivity contribution in [3.63, 3.8) is 0 Å². The number of aromatic nitrogens is 3. The van der Waals surface area contributed by atoms with Crippen LogP contribution in [0.1, 0.15) is 37.5 Å². The Labute approximate surface area is 187 Å². The first-order valence-electron chi connectivity index (χ1n) is 10.1. The maximum Gasteiger partial charge on any atom is 0.350 e. The van der Waals surface area contributed by atoms with E-state index < -0.39 is 38.5 Å². The predicted molar refractivity (Wildman–Crippen MR) is 112 cm³/mol. The van der Waals surface area contributed by atoms with Crippen molar-refractivity contribution in [2.45, 2.75) is 56.3 Å². The highest BCUT2D eigenvalue weighted by molar-refractivity contribution is 7.51. The van der Waals surface area contributed by atoms with Crippen molar-refractivity contribution < 1.29 is 34.0 Å². The van der Waals surface area contributed by atoms with Crippen molar-refractivity contribution in [2.24, 2.45) is 0 Å². The molecule has 0 spiro atoms. The molecule has 2 aromatic rings. The number of hydrogen-bond acceptors (Lipinski definition) is 9. The van der Waals surface area contributed by atoms with Crippen LogP contribution in [0.25, 0.3) is 11.0 Å². The van der Waals surface area contributed by atoms with Crippen LogP contribution in [0.2, 0.25) is 5.15 Å². The number of anilines is 1. The average Bonchev–Trinajstić information content (AvgIpc) is 3.44. The summed E-state index contributed by atoms with van der Waals surface area (Å²) in [7, 11) is -4.38. The molecule has 1 saturated carbocycles. The highest BCUT2D eigenvalue weighted by Crippen LogP contribution is 2.38. The number of pyridine rings is 1. The van der Waals surface area contributed by atoms with Gasteiger partial charge in [-0.25, -0.2) is 9.67 Å². The summed E-state index contributed by atoms with van der Waals surface area (Å²) in [6.45, 7) is -0.347. The Bertz CT molecular complexity index is 1080.